The first kappa shape index (κ1) is 29.8. The molecule has 1 aliphatic heterocycles. The summed E-state index contributed by atoms with van der Waals surface area (Å²) >= 11 is 5.61. The molecule has 1 aromatic carbocycles. The number of amides is 1. The molecule has 1 atom stereocenters. The van der Waals surface area contributed by atoms with Crippen molar-refractivity contribution in [3.05, 3.63) is 54.0 Å². The highest BCUT2D eigenvalue weighted by atomic mass is 32.1. The number of nitrogen functional groups attached to an aromatic ring is 1. The molecule has 1 aliphatic carbocycles. The number of nitrogens with one attached hydrogen (secondary N) is 2. The number of aromatic nitrogens is 3. The lowest BCUT2D eigenvalue weighted by molar-refractivity contribution is 0.0110. The highest BCUT2D eigenvalue weighted by molar-refractivity contribution is 7.80. The van der Waals surface area contributed by atoms with Gasteiger partial charge in [0.15, 0.2) is 5.11 Å². The quantitative estimate of drug-likeness (QED) is 0.237. The number of anilines is 3. The van der Waals surface area contributed by atoms with Gasteiger partial charge in [0, 0.05) is 56.7 Å². The number of benzene rings is 1. The summed E-state index contributed by atoms with van der Waals surface area (Å²) in [6.07, 6.45) is 8.12. The average Bonchev–Trinajstić information content (AvgIpc) is 3.63. The lowest BCUT2D eigenvalue weighted by Gasteiger charge is -2.38. The third-order valence-electron chi connectivity index (χ3n) is 7.75. The molecule has 3 aromatic rings. The summed E-state index contributed by atoms with van der Waals surface area (Å²) in [5, 5.41) is 11.4. The lowest BCUT2D eigenvalue weighted by Crippen LogP contribution is -2.50. The van der Waals surface area contributed by atoms with Crippen LogP contribution in [0, 0.1) is 12.8 Å². The summed E-state index contributed by atoms with van der Waals surface area (Å²) in [5.74, 6) is 1.42. The minimum atomic E-state index is -0.495. The van der Waals surface area contributed by atoms with Crippen LogP contribution < -0.4 is 16.4 Å². The van der Waals surface area contributed by atoms with Crippen LogP contribution >= 0.6 is 12.2 Å². The second-order valence-corrected chi connectivity index (χ2v) is 12.8. The van der Waals surface area contributed by atoms with Crippen molar-refractivity contribution in [2.45, 2.75) is 65.6 Å². The van der Waals surface area contributed by atoms with Crippen LogP contribution in [0.15, 0.2) is 42.9 Å². The molecule has 3 heterocycles. The number of hydrogen-bond acceptors (Lipinski definition) is 7. The van der Waals surface area contributed by atoms with Crippen LogP contribution in [0.25, 0.3) is 11.1 Å². The van der Waals surface area contributed by atoms with Crippen molar-refractivity contribution >= 4 is 40.6 Å². The van der Waals surface area contributed by atoms with E-state index in [1.165, 1.54) is 12.8 Å². The summed E-state index contributed by atoms with van der Waals surface area (Å²) < 4.78 is 7.56. The van der Waals surface area contributed by atoms with E-state index in [0.717, 1.165) is 53.5 Å². The molecule has 1 saturated carbocycles. The number of hydrogen-bond donors (Lipinski definition) is 3. The Morgan fingerprint density at radius 1 is 1.17 bits per heavy atom. The predicted molar refractivity (Wildman–Crippen MR) is 171 cm³/mol. The van der Waals surface area contributed by atoms with Crippen LogP contribution in [-0.4, -0.2) is 67.6 Å². The Morgan fingerprint density at radius 3 is 2.60 bits per heavy atom. The number of nitrogens with two attached hydrogens (primary N) is 1. The number of pyridine rings is 1. The van der Waals surface area contributed by atoms with E-state index in [1.807, 2.05) is 55.9 Å². The first-order valence-electron chi connectivity index (χ1n) is 14.6. The maximum absolute atomic E-state index is 12.4. The fourth-order valence-electron chi connectivity index (χ4n) is 5.19. The largest absolute Gasteiger partial charge is 0.444 e. The number of carbonyl (C=O) groups is 1. The minimum absolute atomic E-state index is 0.148. The van der Waals surface area contributed by atoms with Crippen LogP contribution in [0.3, 0.4) is 0 Å². The van der Waals surface area contributed by atoms with Crippen molar-refractivity contribution in [1.29, 1.82) is 0 Å². The molecule has 4 N–H and O–H groups in total. The highest BCUT2D eigenvalue weighted by Crippen LogP contribution is 2.33. The van der Waals surface area contributed by atoms with E-state index in [0.29, 0.717) is 29.7 Å². The second-order valence-electron chi connectivity index (χ2n) is 12.4. The van der Waals surface area contributed by atoms with Crippen molar-refractivity contribution in [2.24, 2.45) is 5.92 Å². The number of nitrogens with zero attached hydrogens (tertiary/aromatic N) is 5. The van der Waals surface area contributed by atoms with E-state index in [4.69, 9.17) is 22.7 Å². The van der Waals surface area contributed by atoms with E-state index >= 15 is 0 Å². The minimum Gasteiger partial charge on any atom is -0.444 e. The van der Waals surface area contributed by atoms with Gasteiger partial charge in [-0.3, -0.25) is 9.58 Å². The van der Waals surface area contributed by atoms with E-state index in [-0.39, 0.29) is 12.1 Å². The second kappa shape index (κ2) is 12.3. The zero-order valence-corrected chi connectivity index (χ0v) is 26.0. The van der Waals surface area contributed by atoms with Crippen LogP contribution in [-0.2, 0) is 11.3 Å². The number of piperazine rings is 1. The molecule has 1 unspecified atom stereocenters. The van der Waals surface area contributed by atoms with Gasteiger partial charge in [0.25, 0.3) is 0 Å². The van der Waals surface area contributed by atoms with E-state index in [1.54, 1.807) is 11.1 Å². The molecule has 224 valence electrons. The average molecular weight is 591 g/mol. The highest BCUT2D eigenvalue weighted by Gasteiger charge is 2.28. The maximum Gasteiger partial charge on any atom is 0.410 e. The Balaban J connectivity index is 1.17. The molecule has 5 rings (SSSR count). The number of aryl methyl sites for hydroxylation is 1. The normalized spacial score (nSPS) is 16.6. The van der Waals surface area contributed by atoms with Crippen LogP contribution in [0.1, 0.15) is 57.7 Å². The summed E-state index contributed by atoms with van der Waals surface area (Å²) in [7, 11) is 0. The molecular formula is C31H42N8O2S. The van der Waals surface area contributed by atoms with Crippen molar-refractivity contribution in [3.63, 3.8) is 0 Å². The summed E-state index contributed by atoms with van der Waals surface area (Å²) in [6.45, 7) is 13.7. The standard InChI is InChI=1S/C31H42N8O2S/c1-20-14-27(26(32)16-25(20)24-17-34-39(19-24)18-22-6-7-22)35-29(42)36-28-15-23(8-9-33-28)21(2)37-10-12-38(13-11-37)30(40)41-31(3,4)5/h8-9,14-17,19,21-22H,6-7,10-13,18,32H2,1-5H3,(H2,33,35,36,42). The Bertz CT molecular complexity index is 1440. The zero-order valence-electron chi connectivity index (χ0n) is 25.2. The smallest absolute Gasteiger partial charge is 0.410 e. The first-order chi connectivity index (χ1) is 19.9. The van der Waals surface area contributed by atoms with Gasteiger partial charge in [0.2, 0.25) is 0 Å². The zero-order chi connectivity index (χ0) is 30.0. The summed E-state index contributed by atoms with van der Waals surface area (Å²) in [4.78, 5) is 21.0. The van der Waals surface area contributed by atoms with Crippen LogP contribution in [0.2, 0.25) is 0 Å². The molecule has 0 bridgehead atoms. The lowest BCUT2D eigenvalue weighted by atomic mass is 10.0. The predicted octanol–water partition coefficient (Wildman–Crippen LogP) is 5.67. The van der Waals surface area contributed by atoms with Crippen molar-refractivity contribution in [3.8, 4) is 11.1 Å². The molecule has 2 aliphatic rings. The van der Waals surface area contributed by atoms with Gasteiger partial charge in [-0.1, -0.05) is 0 Å². The van der Waals surface area contributed by atoms with Gasteiger partial charge in [-0.25, -0.2) is 9.78 Å². The number of ether oxygens (including phenoxy) is 1. The van der Waals surface area contributed by atoms with Crippen molar-refractivity contribution < 1.29 is 9.53 Å². The van der Waals surface area contributed by atoms with Gasteiger partial charge in [-0.05, 0) is 107 Å². The Kier molecular flexibility index (Phi) is 8.70. The summed E-state index contributed by atoms with van der Waals surface area (Å²) in [5.41, 5.74) is 11.6. The monoisotopic (exact) mass is 590 g/mol. The third kappa shape index (κ3) is 7.57. The Labute approximate surface area is 253 Å². The van der Waals surface area contributed by atoms with Gasteiger partial charge in [0.1, 0.15) is 11.4 Å². The molecule has 1 saturated heterocycles. The van der Waals surface area contributed by atoms with E-state index in [2.05, 4.69) is 45.7 Å². The van der Waals surface area contributed by atoms with Gasteiger partial charge in [-0.2, -0.15) is 5.10 Å². The van der Waals surface area contributed by atoms with Crippen LogP contribution in [0.4, 0.5) is 22.0 Å². The number of thiocarbonyl (C=S) groups is 1. The fraction of sp³-hybridized carbons (Fsp3) is 0.484. The molecule has 42 heavy (non-hydrogen) atoms. The van der Waals surface area contributed by atoms with Gasteiger partial charge in [0.05, 0.1) is 17.6 Å². The third-order valence-corrected chi connectivity index (χ3v) is 7.96. The molecule has 0 radical (unpaired) electrons. The van der Waals surface area contributed by atoms with Gasteiger partial charge < -0.3 is 26.0 Å². The Morgan fingerprint density at radius 2 is 1.90 bits per heavy atom. The molecule has 0 spiro atoms. The SMILES string of the molecule is Cc1cc(NC(=S)Nc2cc(C(C)N3CCN(C(=O)OC(C)(C)C)CC3)ccn2)c(N)cc1-c1cnn(CC2CC2)c1. The first-order valence-corrected chi connectivity index (χ1v) is 15.0. The van der Waals surface area contributed by atoms with E-state index in [9.17, 15) is 4.79 Å². The molecule has 11 heteroatoms. The van der Waals surface area contributed by atoms with Crippen molar-refractivity contribution in [2.75, 3.05) is 42.5 Å². The number of rotatable bonds is 7. The molecule has 10 nitrogen and oxygen atoms in total. The van der Waals surface area contributed by atoms with Gasteiger partial charge >= 0.3 is 6.09 Å². The maximum atomic E-state index is 12.4. The molecule has 2 fully saturated rings. The molecular weight excluding hydrogens is 548 g/mol. The topological polar surface area (TPSA) is 114 Å². The van der Waals surface area contributed by atoms with Crippen molar-refractivity contribution in [1.82, 2.24) is 24.6 Å². The Hall–Kier alpha value is -3.70. The number of carbonyl (C=O) groups excluding carboxylic acids is 1. The summed E-state index contributed by atoms with van der Waals surface area (Å²) in [6, 6.07) is 8.16. The van der Waals surface area contributed by atoms with E-state index < -0.39 is 5.60 Å². The fourth-order valence-corrected chi connectivity index (χ4v) is 5.40. The van der Waals surface area contributed by atoms with Gasteiger partial charge in [-0.15, -0.1) is 0 Å². The molecule has 2 aromatic heterocycles. The molecule has 1 amide bonds. The van der Waals surface area contributed by atoms with Crippen LogP contribution in [0.5, 0.6) is 0 Å².